The number of hydrogen-bond acceptors (Lipinski definition) is 3. The van der Waals surface area contributed by atoms with E-state index < -0.39 is 5.97 Å². The lowest BCUT2D eigenvalue weighted by atomic mass is 9.78. The number of carbonyl (C=O) groups is 1. The van der Waals surface area contributed by atoms with Gasteiger partial charge in [-0.05, 0) is 44.1 Å². The predicted molar refractivity (Wildman–Crippen MR) is 55.7 cm³/mol. The van der Waals surface area contributed by atoms with Crippen LogP contribution in [0.5, 0.6) is 0 Å². The van der Waals surface area contributed by atoms with E-state index in [4.69, 9.17) is 9.84 Å². The zero-order valence-electron chi connectivity index (χ0n) is 8.95. The lowest BCUT2D eigenvalue weighted by molar-refractivity contribution is -0.140. The SMILES string of the molecule is O=C(O)C1CC(C2CCOCC2)CCN1. The summed E-state index contributed by atoms with van der Waals surface area (Å²) in [5, 5.41) is 12.0. The molecule has 2 fully saturated rings. The van der Waals surface area contributed by atoms with Crippen LogP contribution in [-0.4, -0.2) is 36.9 Å². The lowest BCUT2D eigenvalue weighted by Crippen LogP contribution is -2.45. The Bertz CT molecular complexity index is 226. The van der Waals surface area contributed by atoms with Crippen LogP contribution in [0.3, 0.4) is 0 Å². The minimum Gasteiger partial charge on any atom is -0.480 e. The van der Waals surface area contributed by atoms with Crippen LogP contribution in [0.2, 0.25) is 0 Å². The van der Waals surface area contributed by atoms with Gasteiger partial charge in [-0.3, -0.25) is 4.79 Å². The summed E-state index contributed by atoms with van der Waals surface area (Å²) in [5.41, 5.74) is 0. The van der Waals surface area contributed by atoms with Gasteiger partial charge in [-0.2, -0.15) is 0 Å². The van der Waals surface area contributed by atoms with E-state index >= 15 is 0 Å². The van der Waals surface area contributed by atoms with Gasteiger partial charge < -0.3 is 15.2 Å². The van der Waals surface area contributed by atoms with Crippen LogP contribution in [-0.2, 0) is 9.53 Å². The van der Waals surface area contributed by atoms with E-state index in [1.165, 1.54) is 0 Å². The fourth-order valence-electron chi connectivity index (χ4n) is 2.75. The quantitative estimate of drug-likeness (QED) is 0.714. The van der Waals surface area contributed by atoms with Gasteiger partial charge in [0.25, 0.3) is 0 Å². The first kappa shape index (κ1) is 10.9. The molecule has 0 spiro atoms. The number of ether oxygens (including phenoxy) is 1. The fourth-order valence-corrected chi connectivity index (χ4v) is 2.75. The van der Waals surface area contributed by atoms with Gasteiger partial charge in [0, 0.05) is 13.2 Å². The summed E-state index contributed by atoms with van der Waals surface area (Å²) in [6, 6.07) is -0.327. The minimum absolute atomic E-state index is 0.327. The maximum atomic E-state index is 10.9. The molecule has 2 atom stereocenters. The smallest absolute Gasteiger partial charge is 0.320 e. The molecular formula is C11H19NO3. The largest absolute Gasteiger partial charge is 0.480 e. The van der Waals surface area contributed by atoms with Crippen molar-refractivity contribution < 1.29 is 14.6 Å². The van der Waals surface area contributed by atoms with Crippen LogP contribution in [0.25, 0.3) is 0 Å². The third-order valence-electron chi connectivity index (χ3n) is 3.68. The average Bonchev–Trinajstić information content (AvgIpc) is 2.30. The molecule has 2 rings (SSSR count). The summed E-state index contributed by atoms with van der Waals surface area (Å²) in [7, 11) is 0. The van der Waals surface area contributed by atoms with Gasteiger partial charge in [0.05, 0.1) is 0 Å². The second-order valence-corrected chi connectivity index (χ2v) is 4.58. The second-order valence-electron chi connectivity index (χ2n) is 4.58. The number of carboxylic acid groups (broad SMARTS) is 1. The Morgan fingerprint density at radius 1 is 1.20 bits per heavy atom. The van der Waals surface area contributed by atoms with E-state index in [1.54, 1.807) is 0 Å². The summed E-state index contributed by atoms with van der Waals surface area (Å²) in [6.07, 6.45) is 4.13. The summed E-state index contributed by atoms with van der Waals surface area (Å²) in [5.74, 6) is 0.561. The fraction of sp³-hybridized carbons (Fsp3) is 0.909. The van der Waals surface area contributed by atoms with Crippen LogP contribution in [0.4, 0.5) is 0 Å². The van der Waals surface area contributed by atoms with Crippen molar-refractivity contribution >= 4 is 5.97 Å². The highest BCUT2D eigenvalue weighted by atomic mass is 16.5. The molecule has 15 heavy (non-hydrogen) atoms. The number of carboxylic acids is 1. The molecule has 0 aliphatic carbocycles. The van der Waals surface area contributed by atoms with E-state index in [2.05, 4.69) is 5.32 Å². The molecule has 2 heterocycles. The van der Waals surface area contributed by atoms with E-state index in [0.29, 0.717) is 11.8 Å². The van der Waals surface area contributed by atoms with Crippen LogP contribution in [0, 0.1) is 11.8 Å². The number of rotatable bonds is 2. The van der Waals surface area contributed by atoms with Crippen molar-refractivity contribution in [2.75, 3.05) is 19.8 Å². The maximum Gasteiger partial charge on any atom is 0.320 e. The van der Waals surface area contributed by atoms with E-state index in [-0.39, 0.29) is 6.04 Å². The predicted octanol–water partition coefficient (Wildman–Crippen LogP) is 0.866. The third kappa shape index (κ3) is 2.69. The van der Waals surface area contributed by atoms with Crippen molar-refractivity contribution in [3.05, 3.63) is 0 Å². The molecule has 4 nitrogen and oxygen atoms in total. The standard InChI is InChI=1S/C11H19NO3/c13-11(14)10-7-9(1-4-12-10)8-2-5-15-6-3-8/h8-10,12H,1-7H2,(H,13,14). The average molecular weight is 213 g/mol. The summed E-state index contributed by atoms with van der Waals surface area (Å²) in [4.78, 5) is 10.9. The highest BCUT2D eigenvalue weighted by Crippen LogP contribution is 2.31. The molecule has 2 aliphatic rings. The van der Waals surface area contributed by atoms with Gasteiger partial charge in [-0.25, -0.2) is 0 Å². The molecule has 86 valence electrons. The van der Waals surface area contributed by atoms with Gasteiger partial charge in [-0.15, -0.1) is 0 Å². The molecule has 0 radical (unpaired) electrons. The Morgan fingerprint density at radius 2 is 1.93 bits per heavy atom. The highest BCUT2D eigenvalue weighted by molar-refractivity contribution is 5.73. The van der Waals surface area contributed by atoms with Crippen molar-refractivity contribution in [3.8, 4) is 0 Å². The monoisotopic (exact) mass is 213 g/mol. The van der Waals surface area contributed by atoms with Gasteiger partial charge in [-0.1, -0.05) is 0 Å². The van der Waals surface area contributed by atoms with E-state index in [1.807, 2.05) is 0 Å². The molecule has 2 saturated heterocycles. The molecule has 0 aromatic heterocycles. The summed E-state index contributed by atoms with van der Waals surface area (Å²) < 4.78 is 5.33. The van der Waals surface area contributed by atoms with Crippen molar-refractivity contribution in [1.82, 2.24) is 5.32 Å². The molecule has 2 unspecified atom stereocenters. The second kappa shape index (κ2) is 4.94. The van der Waals surface area contributed by atoms with Crippen LogP contribution >= 0.6 is 0 Å². The molecule has 0 aromatic carbocycles. The Kier molecular flexibility index (Phi) is 3.59. The normalized spacial score (nSPS) is 33.9. The Morgan fingerprint density at radius 3 is 2.60 bits per heavy atom. The van der Waals surface area contributed by atoms with Crippen LogP contribution < -0.4 is 5.32 Å². The molecule has 0 saturated carbocycles. The maximum absolute atomic E-state index is 10.9. The Labute approximate surface area is 90.0 Å². The molecule has 2 N–H and O–H groups in total. The summed E-state index contributed by atoms with van der Waals surface area (Å²) in [6.45, 7) is 2.55. The number of hydrogen-bond donors (Lipinski definition) is 2. The third-order valence-corrected chi connectivity index (χ3v) is 3.68. The van der Waals surface area contributed by atoms with Crippen molar-refractivity contribution in [2.24, 2.45) is 11.8 Å². The first-order valence-electron chi connectivity index (χ1n) is 5.81. The number of aliphatic carboxylic acids is 1. The van der Waals surface area contributed by atoms with Crippen LogP contribution in [0.1, 0.15) is 25.7 Å². The number of nitrogens with one attached hydrogen (secondary N) is 1. The van der Waals surface area contributed by atoms with Gasteiger partial charge in [0.1, 0.15) is 6.04 Å². The molecule has 0 amide bonds. The van der Waals surface area contributed by atoms with Gasteiger partial charge in [0.15, 0.2) is 0 Å². The first-order chi connectivity index (χ1) is 7.27. The van der Waals surface area contributed by atoms with Gasteiger partial charge in [0.2, 0.25) is 0 Å². The molecule has 2 aliphatic heterocycles. The van der Waals surface area contributed by atoms with Crippen molar-refractivity contribution in [1.29, 1.82) is 0 Å². The topological polar surface area (TPSA) is 58.6 Å². The molecule has 0 bridgehead atoms. The van der Waals surface area contributed by atoms with E-state index in [0.717, 1.165) is 45.4 Å². The van der Waals surface area contributed by atoms with Crippen molar-refractivity contribution in [3.63, 3.8) is 0 Å². The zero-order valence-corrected chi connectivity index (χ0v) is 8.95. The molecular weight excluding hydrogens is 194 g/mol. The summed E-state index contributed by atoms with van der Waals surface area (Å²) >= 11 is 0. The Hall–Kier alpha value is -0.610. The lowest BCUT2D eigenvalue weighted by Gasteiger charge is -2.35. The van der Waals surface area contributed by atoms with E-state index in [9.17, 15) is 4.79 Å². The highest BCUT2D eigenvalue weighted by Gasteiger charge is 2.32. The number of piperidine rings is 1. The first-order valence-corrected chi connectivity index (χ1v) is 5.81. The van der Waals surface area contributed by atoms with Crippen LogP contribution in [0.15, 0.2) is 0 Å². The Balaban J connectivity index is 1.88. The van der Waals surface area contributed by atoms with Crippen molar-refractivity contribution in [2.45, 2.75) is 31.7 Å². The molecule has 0 aromatic rings. The zero-order chi connectivity index (χ0) is 10.7. The van der Waals surface area contributed by atoms with Gasteiger partial charge >= 0.3 is 5.97 Å². The molecule has 4 heteroatoms. The minimum atomic E-state index is -0.702.